The summed E-state index contributed by atoms with van der Waals surface area (Å²) in [6, 6.07) is 11.3. The molecule has 0 bridgehead atoms. The molecule has 0 aliphatic carbocycles. The average molecular weight is 388 g/mol. The Morgan fingerprint density at radius 3 is 2.26 bits per heavy atom. The molecular formula is C17H12N2O7S. The number of anilines is 1. The minimum Gasteiger partial charge on any atom is -0.506 e. The number of nitro groups is 1. The molecule has 3 N–H and O–H groups in total. The molecule has 0 aliphatic heterocycles. The van der Waals surface area contributed by atoms with Crippen LogP contribution in [0.4, 0.5) is 11.4 Å². The highest BCUT2D eigenvalue weighted by Crippen LogP contribution is 2.35. The van der Waals surface area contributed by atoms with E-state index in [1.165, 1.54) is 42.5 Å². The van der Waals surface area contributed by atoms with Gasteiger partial charge < -0.3 is 10.4 Å². The van der Waals surface area contributed by atoms with Crippen LogP contribution in [0.25, 0.3) is 10.8 Å². The summed E-state index contributed by atoms with van der Waals surface area (Å²) in [6.45, 7) is 0. The van der Waals surface area contributed by atoms with Crippen LogP contribution in [0.5, 0.6) is 5.75 Å². The Balaban J connectivity index is 2.05. The highest BCUT2D eigenvalue weighted by atomic mass is 32.2. The first-order valence-electron chi connectivity index (χ1n) is 7.46. The van der Waals surface area contributed by atoms with Crippen LogP contribution in [0, 0.1) is 10.1 Å². The summed E-state index contributed by atoms with van der Waals surface area (Å²) in [6.07, 6.45) is 0. The average Bonchev–Trinajstić information content (AvgIpc) is 2.62. The van der Waals surface area contributed by atoms with Crippen molar-refractivity contribution in [2.24, 2.45) is 0 Å². The fourth-order valence-electron chi connectivity index (χ4n) is 2.59. The third-order valence-corrected chi connectivity index (χ3v) is 4.77. The molecule has 0 saturated heterocycles. The number of phenols is 1. The van der Waals surface area contributed by atoms with Gasteiger partial charge in [0.2, 0.25) is 0 Å². The lowest BCUT2D eigenvalue weighted by atomic mass is 10.1. The molecule has 0 saturated carbocycles. The maximum atomic E-state index is 12.4. The number of carbonyl (C=O) groups is 1. The largest absolute Gasteiger partial charge is 0.506 e. The van der Waals surface area contributed by atoms with E-state index in [2.05, 4.69) is 5.32 Å². The zero-order valence-corrected chi connectivity index (χ0v) is 14.3. The second kappa shape index (κ2) is 6.67. The van der Waals surface area contributed by atoms with Crippen molar-refractivity contribution in [3.8, 4) is 5.75 Å². The number of aromatic hydroxyl groups is 1. The van der Waals surface area contributed by atoms with E-state index < -0.39 is 20.9 Å². The van der Waals surface area contributed by atoms with Crippen LogP contribution in [0.1, 0.15) is 10.4 Å². The molecule has 0 fully saturated rings. The monoisotopic (exact) mass is 388 g/mol. The van der Waals surface area contributed by atoms with Gasteiger partial charge in [0.25, 0.3) is 21.7 Å². The van der Waals surface area contributed by atoms with Crippen molar-refractivity contribution in [1.29, 1.82) is 0 Å². The van der Waals surface area contributed by atoms with Crippen LogP contribution in [0.15, 0.2) is 59.5 Å². The lowest BCUT2D eigenvalue weighted by molar-refractivity contribution is -0.384. The number of non-ortho nitro benzene ring substituents is 1. The molecule has 0 spiro atoms. The van der Waals surface area contributed by atoms with Crippen molar-refractivity contribution in [2.45, 2.75) is 4.90 Å². The smallest absolute Gasteiger partial charge is 0.295 e. The van der Waals surface area contributed by atoms with Crippen LogP contribution in [-0.4, -0.2) is 28.9 Å². The second-order valence-electron chi connectivity index (χ2n) is 5.54. The van der Waals surface area contributed by atoms with Crippen molar-refractivity contribution in [3.05, 3.63) is 70.3 Å². The summed E-state index contributed by atoms with van der Waals surface area (Å²) in [7, 11) is -4.51. The number of nitro benzene ring substituents is 1. The number of nitrogens with zero attached hydrogens (tertiary/aromatic N) is 1. The summed E-state index contributed by atoms with van der Waals surface area (Å²) in [5.41, 5.74) is -0.137. The third-order valence-electron chi connectivity index (χ3n) is 3.86. The molecular weight excluding hydrogens is 376 g/mol. The van der Waals surface area contributed by atoms with Crippen LogP contribution >= 0.6 is 0 Å². The van der Waals surface area contributed by atoms with Crippen molar-refractivity contribution in [1.82, 2.24) is 0 Å². The first-order chi connectivity index (χ1) is 12.7. The predicted molar refractivity (Wildman–Crippen MR) is 96.5 cm³/mol. The third kappa shape index (κ3) is 3.57. The molecule has 0 heterocycles. The van der Waals surface area contributed by atoms with E-state index in [9.17, 15) is 33.0 Å². The number of rotatable bonds is 4. The maximum absolute atomic E-state index is 12.4. The number of hydrogen-bond donors (Lipinski definition) is 3. The minimum absolute atomic E-state index is 0.0543. The highest BCUT2D eigenvalue weighted by molar-refractivity contribution is 7.86. The van der Waals surface area contributed by atoms with Gasteiger partial charge in [0.15, 0.2) is 0 Å². The maximum Gasteiger partial charge on any atom is 0.295 e. The summed E-state index contributed by atoms with van der Waals surface area (Å²) >= 11 is 0. The van der Waals surface area contributed by atoms with E-state index in [1.807, 2.05) is 0 Å². The van der Waals surface area contributed by atoms with Gasteiger partial charge in [0.05, 0.1) is 10.6 Å². The zero-order valence-electron chi connectivity index (χ0n) is 13.5. The van der Waals surface area contributed by atoms with Crippen molar-refractivity contribution in [3.63, 3.8) is 0 Å². The van der Waals surface area contributed by atoms with Crippen molar-refractivity contribution in [2.75, 3.05) is 5.32 Å². The number of amides is 1. The molecule has 9 nitrogen and oxygen atoms in total. The minimum atomic E-state index is -4.51. The summed E-state index contributed by atoms with van der Waals surface area (Å²) < 4.78 is 32.4. The van der Waals surface area contributed by atoms with E-state index in [-0.39, 0.29) is 38.4 Å². The predicted octanol–water partition coefficient (Wildman–Crippen LogP) is 2.95. The topological polar surface area (TPSA) is 147 Å². The van der Waals surface area contributed by atoms with Crippen LogP contribution in [-0.2, 0) is 10.1 Å². The van der Waals surface area contributed by atoms with Crippen LogP contribution < -0.4 is 5.32 Å². The molecule has 0 aromatic heterocycles. The van der Waals surface area contributed by atoms with Crippen molar-refractivity contribution >= 4 is 38.2 Å². The molecule has 0 atom stereocenters. The van der Waals surface area contributed by atoms with E-state index in [1.54, 1.807) is 0 Å². The van der Waals surface area contributed by atoms with E-state index in [4.69, 9.17) is 0 Å². The summed E-state index contributed by atoms with van der Waals surface area (Å²) in [4.78, 5) is 22.1. The number of phenolic OH excluding ortho intramolecular Hbond substituents is 1. The van der Waals surface area contributed by atoms with E-state index in [0.29, 0.717) is 0 Å². The Morgan fingerprint density at radius 1 is 1.00 bits per heavy atom. The standard InChI is InChI=1S/C17H12N2O7S/c20-14-9-8-12-13(2-1-3-15(12)27(24,25)26)16(14)18-17(21)10-4-6-11(7-5-10)19(22)23/h1-9,20H,(H,18,21)(H,24,25,26). The number of nitrogens with one attached hydrogen (secondary N) is 1. The molecule has 3 aromatic rings. The first-order valence-corrected chi connectivity index (χ1v) is 8.90. The zero-order chi connectivity index (χ0) is 19.8. The number of fused-ring (bicyclic) bond motifs is 1. The van der Waals surface area contributed by atoms with E-state index >= 15 is 0 Å². The number of benzene rings is 3. The molecule has 10 heteroatoms. The van der Waals surface area contributed by atoms with Gasteiger partial charge in [-0.05, 0) is 30.3 Å². The second-order valence-corrected chi connectivity index (χ2v) is 6.93. The Morgan fingerprint density at radius 2 is 1.67 bits per heavy atom. The number of hydrogen-bond acceptors (Lipinski definition) is 6. The highest BCUT2D eigenvalue weighted by Gasteiger charge is 2.18. The normalized spacial score (nSPS) is 11.3. The van der Waals surface area contributed by atoms with Gasteiger partial charge >= 0.3 is 0 Å². The molecule has 27 heavy (non-hydrogen) atoms. The van der Waals surface area contributed by atoms with Gasteiger partial charge in [-0.3, -0.25) is 19.5 Å². The fourth-order valence-corrected chi connectivity index (χ4v) is 3.30. The molecule has 1 amide bonds. The van der Waals surface area contributed by atoms with Gasteiger partial charge in [-0.1, -0.05) is 12.1 Å². The molecule has 138 valence electrons. The van der Waals surface area contributed by atoms with Gasteiger partial charge in [-0.25, -0.2) is 0 Å². The molecule has 3 aromatic carbocycles. The Hall–Kier alpha value is -3.50. The van der Waals surface area contributed by atoms with Gasteiger partial charge in [-0.15, -0.1) is 0 Å². The first kappa shape index (κ1) is 18.3. The van der Waals surface area contributed by atoms with Gasteiger partial charge in [0.1, 0.15) is 10.6 Å². The quantitative estimate of drug-likeness (QED) is 0.269. The summed E-state index contributed by atoms with van der Waals surface area (Å²) in [5.74, 6) is -0.977. The molecule has 0 aliphatic rings. The fraction of sp³-hybridized carbons (Fsp3) is 0. The number of carbonyl (C=O) groups excluding carboxylic acids is 1. The molecule has 0 radical (unpaired) electrons. The van der Waals surface area contributed by atoms with Crippen molar-refractivity contribution < 1.29 is 27.8 Å². The Labute approximate surface area is 152 Å². The lowest BCUT2D eigenvalue weighted by Gasteiger charge is -2.12. The van der Waals surface area contributed by atoms with Gasteiger partial charge in [-0.2, -0.15) is 8.42 Å². The lowest BCUT2D eigenvalue weighted by Crippen LogP contribution is -2.12. The van der Waals surface area contributed by atoms with Gasteiger partial charge in [0, 0.05) is 28.5 Å². The van der Waals surface area contributed by atoms with Crippen LogP contribution in [0.2, 0.25) is 0 Å². The molecule has 0 unspecified atom stereocenters. The SMILES string of the molecule is O=C(Nc1c(O)ccc2c(S(=O)(=O)O)cccc12)c1ccc([N+](=O)[O-])cc1. The van der Waals surface area contributed by atoms with E-state index in [0.717, 1.165) is 12.1 Å². The molecule has 3 rings (SSSR count). The Bertz CT molecular complexity index is 1170. The Kier molecular flexibility index (Phi) is 4.52. The summed E-state index contributed by atoms with van der Waals surface area (Å²) in [5, 5.41) is 23.5. The van der Waals surface area contributed by atoms with Crippen LogP contribution in [0.3, 0.4) is 0 Å².